The second-order valence-corrected chi connectivity index (χ2v) is 7.54. The average Bonchev–Trinajstić information content (AvgIpc) is 2.63. The van der Waals surface area contributed by atoms with Crippen molar-refractivity contribution >= 4 is 29.0 Å². The smallest absolute Gasteiger partial charge is 0.237 e. The Morgan fingerprint density at radius 2 is 2.17 bits per heavy atom. The van der Waals surface area contributed by atoms with Crippen molar-refractivity contribution in [3.05, 3.63) is 18.2 Å². The Bertz CT molecular complexity index is 604. The minimum atomic E-state index is 0.189. The van der Waals surface area contributed by atoms with E-state index in [9.17, 15) is 4.79 Å². The fourth-order valence-corrected chi connectivity index (χ4v) is 4.63. The lowest BCUT2D eigenvalue weighted by atomic mass is 10.1. The SMILES string of the molecule is O=C(CSC[C@H]1CCCCO1)N1CCN2CCOc3cccc1c32. The second kappa shape index (κ2) is 7.23. The highest BCUT2D eigenvalue weighted by Crippen LogP contribution is 2.42. The zero-order valence-corrected chi connectivity index (χ0v) is 14.7. The molecule has 3 aliphatic heterocycles. The maximum atomic E-state index is 12.7. The van der Waals surface area contributed by atoms with Gasteiger partial charge in [-0.25, -0.2) is 0 Å². The number of rotatable bonds is 4. The van der Waals surface area contributed by atoms with Crippen molar-refractivity contribution in [2.75, 3.05) is 54.2 Å². The number of hydrogen-bond acceptors (Lipinski definition) is 5. The summed E-state index contributed by atoms with van der Waals surface area (Å²) in [5.41, 5.74) is 2.09. The van der Waals surface area contributed by atoms with E-state index in [1.54, 1.807) is 11.8 Å². The van der Waals surface area contributed by atoms with Gasteiger partial charge in [-0.05, 0) is 31.4 Å². The number of anilines is 2. The fraction of sp³-hybridized carbons (Fsp3) is 0.611. The van der Waals surface area contributed by atoms with E-state index in [0.717, 1.165) is 62.1 Å². The van der Waals surface area contributed by atoms with E-state index in [2.05, 4.69) is 4.90 Å². The van der Waals surface area contributed by atoms with Crippen LogP contribution in [0.2, 0.25) is 0 Å². The van der Waals surface area contributed by atoms with Gasteiger partial charge in [0.2, 0.25) is 5.91 Å². The molecule has 0 N–H and O–H groups in total. The number of amides is 1. The molecule has 1 atom stereocenters. The topological polar surface area (TPSA) is 42.0 Å². The minimum Gasteiger partial charge on any atom is -0.489 e. The number of benzene rings is 1. The molecule has 4 rings (SSSR count). The van der Waals surface area contributed by atoms with Gasteiger partial charge in [0.1, 0.15) is 18.0 Å². The van der Waals surface area contributed by atoms with Gasteiger partial charge in [0, 0.05) is 25.4 Å². The Balaban J connectivity index is 1.40. The fourth-order valence-electron chi connectivity index (χ4n) is 3.66. The quantitative estimate of drug-likeness (QED) is 0.836. The largest absolute Gasteiger partial charge is 0.489 e. The highest BCUT2D eigenvalue weighted by molar-refractivity contribution is 8.00. The third-order valence-electron chi connectivity index (χ3n) is 4.90. The summed E-state index contributed by atoms with van der Waals surface area (Å²) in [6.07, 6.45) is 3.87. The van der Waals surface area contributed by atoms with Gasteiger partial charge in [-0.3, -0.25) is 4.79 Å². The van der Waals surface area contributed by atoms with Crippen LogP contribution in [0.25, 0.3) is 0 Å². The summed E-state index contributed by atoms with van der Waals surface area (Å²) in [5.74, 6) is 2.53. The van der Waals surface area contributed by atoms with Crippen molar-refractivity contribution in [1.82, 2.24) is 0 Å². The molecular formula is C18H24N2O3S. The first-order valence-electron chi connectivity index (χ1n) is 8.83. The molecule has 1 amide bonds. The molecule has 0 radical (unpaired) electrons. The lowest BCUT2D eigenvalue weighted by Crippen LogP contribution is -2.47. The lowest BCUT2D eigenvalue weighted by molar-refractivity contribution is -0.116. The predicted octanol–water partition coefficient (Wildman–Crippen LogP) is 2.53. The van der Waals surface area contributed by atoms with E-state index < -0.39 is 0 Å². The first-order chi connectivity index (χ1) is 11.8. The van der Waals surface area contributed by atoms with Crippen LogP contribution >= 0.6 is 11.8 Å². The van der Waals surface area contributed by atoms with Gasteiger partial charge in [-0.1, -0.05) is 6.07 Å². The van der Waals surface area contributed by atoms with Gasteiger partial charge in [0.25, 0.3) is 0 Å². The number of ether oxygens (including phenoxy) is 2. The number of para-hydroxylation sites is 1. The zero-order chi connectivity index (χ0) is 16.4. The van der Waals surface area contributed by atoms with E-state index >= 15 is 0 Å². The third-order valence-corrected chi connectivity index (χ3v) is 5.96. The van der Waals surface area contributed by atoms with Crippen LogP contribution in [-0.4, -0.2) is 56.4 Å². The summed E-state index contributed by atoms with van der Waals surface area (Å²) >= 11 is 1.70. The molecule has 24 heavy (non-hydrogen) atoms. The molecule has 1 fully saturated rings. The van der Waals surface area contributed by atoms with E-state index in [1.807, 2.05) is 23.1 Å². The summed E-state index contributed by atoms with van der Waals surface area (Å²) < 4.78 is 11.5. The summed E-state index contributed by atoms with van der Waals surface area (Å²) in [4.78, 5) is 17.0. The molecule has 0 bridgehead atoms. The highest BCUT2D eigenvalue weighted by Gasteiger charge is 2.31. The maximum Gasteiger partial charge on any atom is 0.237 e. The molecule has 1 saturated heterocycles. The monoisotopic (exact) mass is 348 g/mol. The summed E-state index contributed by atoms with van der Waals surface area (Å²) in [6.45, 7) is 4.14. The van der Waals surface area contributed by atoms with Gasteiger partial charge in [-0.15, -0.1) is 11.8 Å². The van der Waals surface area contributed by atoms with E-state index in [1.165, 1.54) is 12.8 Å². The van der Waals surface area contributed by atoms with Crippen molar-refractivity contribution in [3.8, 4) is 5.75 Å². The molecule has 0 aromatic heterocycles. The van der Waals surface area contributed by atoms with Gasteiger partial charge in [-0.2, -0.15) is 0 Å². The van der Waals surface area contributed by atoms with Crippen LogP contribution in [0.15, 0.2) is 18.2 Å². The number of carbonyl (C=O) groups excluding carboxylic acids is 1. The Hall–Kier alpha value is -1.40. The molecule has 0 saturated carbocycles. The van der Waals surface area contributed by atoms with Crippen molar-refractivity contribution < 1.29 is 14.3 Å². The normalized spacial score (nSPS) is 22.8. The standard InChI is InChI=1S/C18H24N2O3S/c21-17(13-24-12-14-4-1-2-10-22-14)20-8-7-19-9-11-23-16-6-3-5-15(20)18(16)19/h3,5-6,14H,1-2,4,7-13H2/t14-/m1/s1. The van der Waals surface area contributed by atoms with Crippen LogP contribution in [0.5, 0.6) is 5.75 Å². The molecule has 1 aromatic rings. The maximum absolute atomic E-state index is 12.7. The molecule has 6 heteroatoms. The second-order valence-electron chi connectivity index (χ2n) is 6.51. The van der Waals surface area contributed by atoms with Crippen LogP contribution < -0.4 is 14.5 Å². The van der Waals surface area contributed by atoms with E-state index in [-0.39, 0.29) is 5.91 Å². The average molecular weight is 348 g/mol. The lowest BCUT2D eigenvalue weighted by Gasteiger charge is -2.41. The van der Waals surface area contributed by atoms with Crippen LogP contribution in [0.1, 0.15) is 19.3 Å². The molecule has 0 unspecified atom stereocenters. The minimum absolute atomic E-state index is 0.189. The summed E-state index contributed by atoms with van der Waals surface area (Å²) in [5, 5.41) is 0. The van der Waals surface area contributed by atoms with Crippen molar-refractivity contribution in [2.45, 2.75) is 25.4 Å². The first kappa shape index (κ1) is 16.1. The Morgan fingerprint density at radius 1 is 1.21 bits per heavy atom. The van der Waals surface area contributed by atoms with Crippen LogP contribution in [0.4, 0.5) is 11.4 Å². The molecule has 3 heterocycles. The van der Waals surface area contributed by atoms with Crippen molar-refractivity contribution in [3.63, 3.8) is 0 Å². The molecule has 5 nitrogen and oxygen atoms in total. The Morgan fingerprint density at radius 3 is 3.04 bits per heavy atom. The highest BCUT2D eigenvalue weighted by atomic mass is 32.2. The molecule has 130 valence electrons. The Kier molecular flexibility index (Phi) is 4.85. The number of thioether (sulfide) groups is 1. The van der Waals surface area contributed by atoms with E-state index in [0.29, 0.717) is 11.9 Å². The Labute approximate surface area is 147 Å². The van der Waals surface area contributed by atoms with Crippen molar-refractivity contribution in [1.29, 1.82) is 0 Å². The number of nitrogens with zero attached hydrogens (tertiary/aromatic N) is 2. The van der Waals surface area contributed by atoms with Gasteiger partial charge in [0.15, 0.2) is 0 Å². The summed E-state index contributed by atoms with van der Waals surface area (Å²) in [7, 11) is 0. The predicted molar refractivity (Wildman–Crippen MR) is 97.4 cm³/mol. The van der Waals surface area contributed by atoms with Crippen LogP contribution in [0.3, 0.4) is 0 Å². The molecule has 1 aromatic carbocycles. The van der Waals surface area contributed by atoms with Crippen LogP contribution in [0, 0.1) is 0 Å². The number of hydrogen-bond donors (Lipinski definition) is 0. The van der Waals surface area contributed by atoms with Gasteiger partial charge < -0.3 is 19.3 Å². The molecule has 3 aliphatic rings. The van der Waals surface area contributed by atoms with E-state index in [4.69, 9.17) is 9.47 Å². The van der Waals surface area contributed by atoms with Crippen LogP contribution in [-0.2, 0) is 9.53 Å². The zero-order valence-electron chi connectivity index (χ0n) is 13.9. The number of carbonyl (C=O) groups is 1. The first-order valence-corrected chi connectivity index (χ1v) is 9.99. The molecular weight excluding hydrogens is 324 g/mol. The summed E-state index contributed by atoms with van der Waals surface area (Å²) in [6, 6.07) is 6.01. The van der Waals surface area contributed by atoms with Crippen molar-refractivity contribution in [2.24, 2.45) is 0 Å². The van der Waals surface area contributed by atoms with Gasteiger partial charge in [0.05, 0.1) is 24.1 Å². The third kappa shape index (κ3) is 3.22. The van der Waals surface area contributed by atoms with Gasteiger partial charge >= 0.3 is 0 Å². The molecule has 0 spiro atoms. The molecule has 0 aliphatic carbocycles.